The molecule has 118 valence electrons. The summed E-state index contributed by atoms with van der Waals surface area (Å²) in [7, 11) is 0. The van der Waals surface area contributed by atoms with Crippen LogP contribution in [0.2, 0.25) is 0 Å². The van der Waals surface area contributed by atoms with Crippen molar-refractivity contribution in [2.75, 3.05) is 13.2 Å². The summed E-state index contributed by atoms with van der Waals surface area (Å²) in [6, 6.07) is 0. The fourth-order valence-corrected chi connectivity index (χ4v) is 0.986. The van der Waals surface area contributed by atoms with Crippen molar-refractivity contribution in [2.24, 2.45) is 0 Å². The van der Waals surface area contributed by atoms with Gasteiger partial charge in [-0.15, -0.1) is 0 Å². The third-order valence-electron chi connectivity index (χ3n) is 1.99. The summed E-state index contributed by atoms with van der Waals surface area (Å²) in [5, 5.41) is 2.69. The largest absolute Gasteiger partial charge is 0.445 e. The van der Waals surface area contributed by atoms with Crippen molar-refractivity contribution in [2.45, 2.75) is 54.4 Å². The zero-order valence-corrected chi connectivity index (χ0v) is 14.2. The molecule has 1 N–H and O–H groups in total. The summed E-state index contributed by atoms with van der Waals surface area (Å²) in [6.07, 6.45) is 8.94. The Morgan fingerprint density at radius 1 is 1.25 bits per heavy atom. The smallest absolute Gasteiger partial charge is 0.407 e. The third-order valence-corrected chi connectivity index (χ3v) is 1.99. The summed E-state index contributed by atoms with van der Waals surface area (Å²) in [6.45, 7) is 16.5. The average Bonchev–Trinajstić information content (AvgIpc) is 2.52. The predicted molar refractivity (Wildman–Crippen MR) is 90.0 cm³/mol. The van der Waals surface area contributed by atoms with E-state index in [9.17, 15) is 4.79 Å². The highest BCUT2D eigenvalue weighted by Crippen LogP contribution is 1.98. The maximum absolute atomic E-state index is 11.2. The molecule has 0 atom stereocenters. The van der Waals surface area contributed by atoms with Crippen molar-refractivity contribution in [3.8, 4) is 0 Å². The highest BCUT2D eigenvalue weighted by Gasteiger charge is 2.00. The van der Waals surface area contributed by atoms with Crippen LogP contribution >= 0.6 is 0 Å². The van der Waals surface area contributed by atoms with E-state index in [1.165, 1.54) is 0 Å². The summed E-state index contributed by atoms with van der Waals surface area (Å²) in [4.78, 5) is 11.2. The van der Waals surface area contributed by atoms with Gasteiger partial charge < -0.3 is 10.1 Å². The number of amides is 1. The lowest BCUT2D eigenvalue weighted by atomic mass is 10.2. The molecule has 0 spiro atoms. The molecule has 0 unspecified atom stereocenters. The Kier molecular flexibility index (Phi) is 26.7. The number of nitrogens with one attached hydrogen (secondary N) is 1. The third kappa shape index (κ3) is 18.8. The van der Waals surface area contributed by atoms with Gasteiger partial charge in [-0.05, 0) is 18.9 Å². The number of alkyl carbamates (subject to hydrolysis) is 1. The minimum absolute atomic E-state index is 0.290. The van der Waals surface area contributed by atoms with Crippen molar-refractivity contribution in [3.63, 3.8) is 0 Å². The van der Waals surface area contributed by atoms with Gasteiger partial charge in [0.1, 0.15) is 6.61 Å². The summed E-state index contributed by atoms with van der Waals surface area (Å²) in [5.74, 6) is 0. The van der Waals surface area contributed by atoms with Crippen molar-refractivity contribution < 1.29 is 9.53 Å². The summed E-state index contributed by atoms with van der Waals surface area (Å²) in [5.41, 5.74) is 0.950. The monoisotopic (exact) mass is 283 g/mol. The summed E-state index contributed by atoms with van der Waals surface area (Å²) >= 11 is 0. The van der Waals surface area contributed by atoms with Gasteiger partial charge in [0.05, 0.1) is 0 Å². The number of hydrogen-bond donors (Lipinski definition) is 1. The van der Waals surface area contributed by atoms with Crippen LogP contribution in [0.4, 0.5) is 4.79 Å². The second kappa shape index (κ2) is 22.7. The molecule has 0 aromatic rings. The molecule has 0 saturated heterocycles. The molecule has 0 fully saturated rings. The van der Waals surface area contributed by atoms with E-state index in [2.05, 4.69) is 18.8 Å². The normalized spacial score (nSPS) is 9.80. The van der Waals surface area contributed by atoms with Crippen LogP contribution in [0.3, 0.4) is 0 Å². The molecule has 0 aromatic carbocycles. The fourth-order valence-electron chi connectivity index (χ4n) is 0.986. The van der Waals surface area contributed by atoms with Crippen LogP contribution in [-0.2, 0) is 4.74 Å². The van der Waals surface area contributed by atoms with Gasteiger partial charge in [-0.1, -0.05) is 71.9 Å². The van der Waals surface area contributed by atoms with E-state index in [0.29, 0.717) is 13.2 Å². The molecule has 0 aliphatic carbocycles. The molecule has 0 rings (SSSR count). The molecule has 20 heavy (non-hydrogen) atoms. The number of allylic oxidation sites excluding steroid dienone is 3. The first-order valence-electron chi connectivity index (χ1n) is 7.59. The van der Waals surface area contributed by atoms with Gasteiger partial charge in [0.15, 0.2) is 0 Å². The van der Waals surface area contributed by atoms with Crippen LogP contribution in [0.25, 0.3) is 0 Å². The minimum Gasteiger partial charge on any atom is -0.445 e. The van der Waals surface area contributed by atoms with Crippen LogP contribution in [-0.4, -0.2) is 19.2 Å². The maximum Gasteiger partial charge on any atom is 0.407 e. The van der Waals surface area contributed by atoms with Gasteiger partial charge in [0.2, 0.25) is 0 Å². The lowest BCUT2D eigenvalue weighted by Crippen LogP contribution is -2.25. The Labute approximate surface area is 125 Å². The van der Waals surface area contributed by atoms with E-state index in [1.807, 2.05) is 52.8 Å². The standard InChI is InChI=1S/C13H21NO2.2C2H6/c1-4-7-9-12(6-3)11-16-13(15)14-10-8-5-2;2*1-2/h4,6-7,9H,1,5,8,10-11H2,2-3H3,(H,14,15);2*1-2H3/b9-7-,12-6+;;. The van der Waals surface area contributed by atoms with E-state index < -0.39 is 0 Å². The molecular formula is C17H33NO2. The molecule has 1 amide bonds. The second-order valence-electron chi connectivity index (χ2n) is 3.31. The van der Waals surface area contributed by atoms with Gasteiger partial charge in [-0.3, -0.25) is 0 Å². The molecule has 0 radical (unpaired) electrons. The van der Waals surface area contributed by atoms with Crippen molar-refractivity contribution in [3.05, 3.63) is 36.5 Å². The van der Waals surface area contributed by atoms with Crippen LogP contribution in [0, 0.1) is 0 Å². The van der Waals surface area contributed by atoms with Gasteiger partial charge in [-0.25, -0.2) is 4.79 Å². The lowest BCUT2D eigenvalue weighted by Gasteiger charge is -2.06. The number of hydrogen-bond acceptors (Lipinski definition) is 2. The van der Waals surface area contributed by atoms with E-state index in [4.69, 9.17) is 4.74 Å². The zero-order chi connectivity index (χ0) is 16.2. The maximum atomic E-state index is 11.2. The van der Waals surface area contributed by atoms with Gasteiger partial charge in [0, 0.05) is 6.54 Å². The number of carbonyl (C=O) groups excluding carboxylic acids is 1. The van der Waals surface area contributed by atoms with E-state index in [0.717, 1.165) is 18.4 Å². The van der Waals surface area contributed by atoms with Gasteiger partial charge >= 0.3 is 6.09 Å². The SMILES string of the molecule is C=C/C=C\C(=C/C)COC(=O)NCCCC.CC.CC. The molecule has 0 bridgehead atoms. The van der Waals surface area contributed by atoms with Crippen LogP contribution in [0.5, 0.6) is 0 Å². The fraction of sp³-hybridized carbons (Fsp3) is 0.588. The molecule has 0 aliphatic rings. The molecule has 0 saturated carbocycles. The first kappa shape index (κ1) is 23.6. The topological polar surface area (TPSA) is 38.3 Å². The molecule has 0 heterocycles. The predicted octanol–water partition coefficient (Wildman–Crippen LogP) is 5.25. The molecular weight excluding hydrogens is 250 g/mol. The zero-order valence-electron chi connectivity index (χ0n) is 14.2. The van der Waals surface area contributed by atoms with Crippen molar-refractivity contribution >= 4 is 6.09 Å². The van der Waals surface area contributed by atoms with Crippen LogP contribution < -0.4 is 5.32 Å². The molecule has 3 nitrogen and oxygen atoms in total. The Morgan fingerprint density at radius 2 is 1.85 bits per heavy atom. The Balaban J connectivity index is -0.000000656. The quantitative estimate of drug-likeness (QED) is 0.511. The second-order valence-corrected chi connectivity index (χ2v) is 3.31. The Bertz CT molecular complexity index is 268. The molecule has 3 heteroatoms. The highest BCUT2D eigenvalue weighted by molar-refractivity contribution is 5.67. The number of carbonyl (C=O) groups is 1. The Hall–Kier alpha value is -1.51. The molecule has 0 aliphatic heterocycles. The van der Waals surface area contributed by atoms with Gasteiger partial charge in [0.25, 0.3) is 0 Å². The van der Waals surface area contributed by atoms with Crippen LogP contribution in [0.15, 0.2) is 36.5 Å². The first-order valence-corrected chi connectivity index (χ1v) is 7.59. The Morgan fingerprint density at radius 3 is 2.30 bits per heavy atom. The highest BCUT2D eigenvalue weighted by atomic mass is 16.5. The van der Waals surface area contributed by atoms with Gasteiger partial charge in [-0.2, -0.15) is 0 Å². The van der Waals surface area contributed by atoms with Crippen molar-refractivity contribution in [1.29, 1.82) is 0 Å². The minimum atomic E-state index is -0.361. The molecule has 0 aromatic heterocycles. The number of unbranched alkanes of at least 4 members (excludes halogenated alkanes) is 1. The van der Waals surface area contributed by atoms with E-state index in [-0.39, 0.29) is 6.09 Å². The lowest BCUT2D eigenvalue weighted by molar-refractivity contribution is 0.156. The van der Waals surface area contributed by atoms with Crippen LogP contribution in [0.1, 0.15) is 54.4 Å². The number of rotatable bonds is 7. The number of ether oxygens (including phenoxy) is 1. The summed E-state index contributed by atoms with van der Waals surface area (Å²) < 4.78 is 5.03. The van der Waals surface area contributed by atoms with Crippen molar-refractivity contribution in [1.82, 2.24) is 5.32 Å². The first-order chi connectivity index (χ1) is 9.74. The van der Waals surface area contributed by atoms with E-state index >= 15 is 0 Å². The average molecular weight is 283 g/mol. The van der Waals surface area contributed by atoms with E-state index in [1.54, 1.807) is 6.08 Å².